The molecule has 3 atom stereocenters. The first kappa shape index (κ1) is 21.8. The summed E-state index contributed by atoms with van der Waals surface area (Å²) in [6.07, 6.45) is -5.22. The van der Waals surface area contributed by atoms with Gasteiger partial charge in [-0.1, -0.05) is 18.2 Å². The minimum absolute atomic E-state index is 0.0618. The Morgan fingerprint density at radius 2 is 1.81 bits per heavy atom. The minimum atomic E-state index is -4.87. The van der Waals surface area contributed by atoms with E-state index >= 15 is 0 Å². The normalized spacial score (nSPS) is 23.2. The highest BCUT2D eigenvalue weighted by Gasteiger charge is 2.52. The number of anilines is 1. The molecule has 1 saturated heterocycles. The van der Waals surface area contributed by atoms with Crippen LogP contribution in [0, 0.1) is 17.7 Å². The van der Waals surface area contributed by atoms with E-state index in [2.05, 4.69) is 10.2 Å². The third kappa shape index (κ3) is 4.15. The molecule has 0 bridgehead atoms. The number of nitrogens with one attached hydrogen (secondary N) is 1. The van der Waals surface area contributed by atoms with E-state index in [-0.39, 0.29) is 29.8 Å². The molecule has 0 aromatic heterocycles. The Morgan fingerprint density at radius 1 is 1.09 bits per heavy atom. The fraction of sp³-hybridized carbons (Fsp3) is 0.286. The van der Waals surface area contributed by atoms with Gasteiger partial charge < -0.3 is 14.9 Å². The molecule has 3 unspecified atom stereocenters. The second-order valence-electron chi connectivity index (χ2n) is 7.54. The lowest BCUT2D eigenvalue weighted by Crippen LogP contribution is -2.61. The third-order valence-corrected chi connectivity index (χ3v) is 5.51. The van der Waals surface area contributed by atoms with Crippen LogP contribution in [-0.2, 0) is 14.4 Å². The number of hydrazine groups is 1. The van der Waals surface area contributed by atoms with Crippen LogP contribution < -0.4 is 15.2 Å². The van der Waals surface area contributed by atoms with Crippen molar-refractivity contribution < 1.29 is 41.8 Å². The molecule has 1 heterocycles. The predicted octanol–water partition coefficient (Wildman–Crippen LogP) is 2.94. The molecule has 2 N–H and O–H groups in total. The number of halogens is 4. The fourth-order valence-electron chi connectivity index (χ4n) is 4.13. The van der Waals surface area contributed by atoms with E-state index in [0.717, 1.165) is 18.2 Å². The third-order valence-electron chi connectivity index (χ3n) is 5.51. The first-order chi connectivity index (χ1) is 15.0. The SMILES string of the molecule is O=C1CC(=O)C2C1CN(c1ccc(-c3cccc(OC(F)(F)F)c3)cc1F)NC2C(=O)O. The molecule has 1 aliphatic carbocycles. The van der Waals surface area contributed by atoms with Gasteiger partial charge in [0.1, 0.15) is 29.2 Å². The van der Waals surface area contributed by atoms with Crippen molar-refractivity contribution in [2.24, 2.45) is 11.8 Å². The number of alkyl halides is 3. The summed E-state index contributed by atoms with van der Waals surface area (Å²) in [4.78, 5) is 35.9. The van der Waals surface area contributed by atoms with Crippen LogP contribution in [0.15, 0.2) is 42.5 Å². The van der Waals surface area contributed by atoms with Gasteiger partial charge in [0.25, 0.3) is 0 Å². The zero-order chi connectivity index (χ0) is 23.2. The van der Waals surface area contributed by atoms with Crippen molar-refractivity contribution in [3.8, 4) is 16.9 Å². The number of ether oxygens (including phenoxy) is 1. The van der Waals surface area contributed by atoms with Crippen LogP contribution in [0.2, 0.25) is 0 Å². The highest BCUT2D eigenvalue weighted by molar-refractivity contribution is 6.10. The second-order valence-corrected chi connectivity index (χ2v) is 7.54. The summed E-state index contributed by atoms with van der Waals surface area (Å²) >= 11 is 0. The minimum Gasteiger partial charge on any atom is -0.480 e. The number of benzene rings is 2. The Morgan fingerprint density at radius 3 is 2.47 bits per heavy atom. The van der Waals surface area contributed by atoms with Crippen molar-refractivity contribution in [2.75, 3.05) is 11.6 Å². The standard InChI is InChI=1S/C21H16F4N2O5/c22-14-7-11(10-2-1-3-12(6-10)32-21(23,24)25)4-5-15(14)27-9-13-16(28)8-17(29)18(13)19(26-27)20(30)31/h1-7,13,18-19,26H,8-9H2,(H,30,31). The van der Waals surface area contributed by atoms with E-state index in [1.807, 2.05) is 0 Å². The van der Waals surface area contributed by atoms with Crippen LogP contribution in [0.25, 0.3) is 11.1 Å². The number of fused-ring (bicyclic) bond motifs is 1. The number of rotatable bonds is 4. The Kier molecular flexibility index (Phi) is 5.37. The van der Waals surface area contributed by atoms with Crippen molar-refractivity contribution >= 4 is 23.2 Å². The van der Waals surface area contributed by atoms with Crippen molar-refractivity contribution in [2.45, 2.75) is 18.8 Å². The molecule has 2 aromatic rings. The predicted molar refractivity (Wildman–Crippen MR) is 102 cm³/mol. The average Bonchev–Trinajstić information content (AvgIpc) is 2.99. The van der Waals surface area contributed by atoms with Crippen LogP contribution in [0.4, 0.5) is 23.2 Å². The summed E-state index contributed by atoms with van der Waals surface area (Å²) in [5.74, 6) is -5.35. The maximum absolute atomic E-state index is 14.9. The summed E-state index contributed by atoms with van der Waals surface area (Å²) < 4.78 is 56.2. The van der Waals surface area contributed by atoms with E-state index < -0.39 is 53.3 Å². The van der Waals surface area contributed by atoms with E-state index in [1.54, 1.807) is 0 Å². The van der Waals surface area contributed by atoms with Gasteiger partial charge in [0.2, 0.25) is 0 Å². The maximum atomic E-state index is 14.9. The Balaban J connectivity index is 1.61. The van der Waals surface area contributed by atoms with E-state index in [9.17, 15) is 37.1 Å². The van der Waals surface area contributed by atoms with Gasteiger partial charge in [0.05, 0.1) is 18.0 Å². The summed E-state index contributed by atoms with van der Waals surface area (Å²) in [7, 11) is 0. The number of aliphatic carboxylic acids is 1. The van der Waals surface area contributed by atoms with Crippen molar-refractivity contribution in [1.29, 1.82) is 0 Å². The van der Waals surface area contributed by atoms with Crippen molar-refractivity contribution in [1.82, 2.24) is 5.43 Å². The molecule has 0 amide bonds. The molecule has 0 radical (unpaired) electrons. The van der Waals surface area contributed by atoms with Crippen molar-refractivity contribution in [3.05, 3.63) is 48.3 Å². The van der Waals surface area contributed by atoms with Gasteiger partial charge in [0, 0.05) is 12.5 Å². The van der Waals surface area contributed by atoms with Gasteiger partial charge in [-0.05, 0) is 35.4 Å². The van der Waals surface area contributed by atoms with E-state index in [0.29, 0.717) is 0 Å². The molecule has 0 spiro atoms. The first-order valence-electron chi connectivity index (χ1n) is 9.51. The van der Waals surface area contributed by atoms with E-state index in [1.165, 1.54) is 29.3 Å². The molecular weight excluding hydrogens is 436 g/mol. The summed E-state index contributed by atoms with van der Waals surface area (Å²) in [5, 5.41) is 10.7. The number of carboxylic acids is 1. The first-order valence-corrected chi connectivity index (χ1v) is 9.51. The number of hydrogen-bond acceptors (Lipinski definition) is 6. The number of nitrogens with zero attached hydrogens (tertiary/aromatic N) is 1. The van der Waals surface area contributed by atoms with Crippen LogP contribution in [-0.4, -0.2) is 41.6 Å². The van der Waals surface area contributed by atoms with Gasteiger partial charge in [0.15, 0.2) is 0 Å². The molecule has 7 nitrogen and oxygen atoms in total. The van der Waals surface area contributed by atoms with Gasteiger partial charge in [-0.3, -0.25) is 14.4 Å². The fourth-order valence-corrected chi connectivity index (χ4v) is 4.13. The monoisotopic (exact) mass is 452 g/mol. The molecule has 4 rings (SSSR count). The Labute approximate surface area is 178 Å². The molecule has 2 aliphatic rings. The highest BCUT2D eigenvalue weighted by atomic mass is 19.4. The summed E-state index contributed by atoms with van der Waals surface area (Å²) in [6, 6.07) is 7.47. The van der Waals surface area contributed by atoms with Crippen LogP contribution in [0.3, 0.4) is 0 Å². The Bertz CT molecular complexity index is 1100. The van der Waals surface area contributed by atoms with Crippen molar-refractivity contribution in [3.63, 3.8) is 0 Å². The quantitative estimate of drug-likeness (QED) is 0.544. The lowest BCUT2D eigenvalue weighted by molar-refractivity contribution is -0.274. The molecule has 1 saturated carbocycles. The number of carbonyl (C=O) groups is 3. The largest absolute Gasteiger partial charge is 0.573 e. The lowest BCUT2D eigenvalue weighted by Gasteiger charge is -2.39. The molecule has 1 aliphatic heterocycles. The summed E-state index contributed by atoms with van der Waals surface area (Å²) in [5.41, 5.74) is 3.07. The molecule has 11 heteroatoms. The number of carbonyl (C=O) groups excluding carboxylic acids is 2. The number of Topliss-reactive ketones (excluding diaryl/α,β-unsaturated/α-hetero) is 2. The second kappa shape index (κ2) is 7.90. The molecule has 2 aromatic carbocycles. The topological polar surface area (TPSA) is 95.9 Å². The summed E-state index contributed by atoms with van der Waals surface area (Å²) in [6.45, 7) is -0.0931. The Hall–Kier alpha value is -3.47. The maximum Gasteiger partial charge on any atom is 0.573 e. The average molecular weight is 452 g/mol. The molecule has 2 fully saturated rings. The van der Waals surface area contributed by atoms with Gasteiger partial charge in [-0.2, -0.15) is 0 Å². The smallest absolute Gasteiger partial charge is 0.480 e. The van der Waals surface area contributed by atoms with Crippen LogP contribution >= 0.6 is 0 Å². The molecule has 168 valence electrons. The van der Waals surface area contributed by atoms with Crippen LogP contribution in [0.5, 0.6) is 5.75 Å². The lowest BCUT2D eigenvalue weighted by atomic mass is 9.86. The van der Waals surface area contributed by atoms with Gasteiger partial charge >= 0.3 is 12.3 Å². The van der Waals surface area contributed by atoms with Gasteiger partial charge in [-0.25, -0.2) is 9.82 Å². The molecule has 32 heavy (non-hydrogen) atoms. The number of hydrogen-bond donors (Lipinski definition) is 2. The number of carboxylic acid groups (broad SMARTS) is 1. The zero-order valence-corrected chi connectivity index (χ0v) is 16.2. The van der Waals surface area contributed by atoms with Crippen LogP contribution in [0.1, 0.15) is 6.42 Å². The van der Waals surface area contributed by atoms with Gasteiger partial charge in [-0.15, -0.1) is 13.2 Å². The number of ketones is 2. The highest BCUT2D eigenvalue weighted by Crippen LogP contribution is 2.36. The zero-order valence-electron chi connectivity index (χ0n) is 16.2. The molecular formula is C21H16F4N2O5. The van der Waals surface area contributed by atoms with E-state index in [4.69, 9.17) is 0 Å².